The minimum Gasteiger partial charge on any atom is -0.385 e. The standard InChI is InChI=1S/C19H27N5O3S/c1-22-12-8-20-19(22)18(25)15-5-4-9-23(14-15)17-7-6-16(13-21-17)28(26,27)24-10-2-3-11-24/h6-8,12-13,15,18,25H,2-5,9-11,14H2,1H3. The fraction of sp³-hybridized carbons (Fsp3) is 0.579. The molecule has 0 radical (unpaired) electrons. The van der Waals surface area contributed by atoms with E-state index in [0.717, 1.165) is 38.0 Å². The van der Waals surface area contributed by atoms with E-state index in [9.17, 15) is 13.5 Å². The minimum absolute atomic E-state index is 0.0599. The van der Waals surface area contributed by atoms with Crippen molar-refractivity contribution in [2.75, 3.05) is 31.1 Å². The molecule has 2 saturated heterocycles. The molecule has 0 bridgehead atoms. The number of pyridine rings is 1. The summed E-state index contributed by atoms with van der Waals surface area (Å²) in [6.45, 7) is 2.68. The highest BCUT2D eigenvalue weighted by Crippen LogP contribution is 2.31. The normalized spacial score (nSPS) is 22.5. The largest absolute Gasteiger partial charge is 0.385 e. The van der Waals surface area contributed by atoms with E-state index in [4.69, 9.17) is 0 Å². The van der Waals surface area contributed by atoms with Gasteiger partial charge in [0.25, 0.3) is 0 Å². The van der Waals surface area contributed by atoms with Crippen LogP contribution in [0.3, 0.4) is 0 Å². The number of aliphatic hydroxyl groups is 1. The average molecular weight is 406 g/mol. The lowest BCUT2D eigenvalue weighted by Crippen LogP contribution is -2.38. The van der Waals surface area contributed by atoms with Gasteiger partial charge in [0.2, 0.25) is 10.0 Å². The zero-order valence-electron chi connectivity index (χ0n) is 16.1. The molecule has 152 valence electrons. The quantitative estimate of drug-likeness (QED) is 0.812. The first-order valence-electron chi connectivity index (χ1n) is 9.83. The van der Waals surface area contributed by atoms with E-state index in [0.29, 0.717) is 25.5 Å². The molecule has 2 aromatic rings. The van der Waals surface area contributed by atoms with E-state index >= 15 is 0 Å². The number of hydrogen-bond acceptors (Lipinski definition) is 6. The molecule has 2 aromatic heterocycles. The first-order chi connectivity index (χ1) is 13.5. The highest BCUT2D eigenvalue weighted by Gasteiger charge is 2.31. The van der Waals surface area contributed by atoms with E-state index in [1.807, 2.05) is 17.8 Å². The second-order valence-corrected chi connectivity index (χ2v) is 9.59. The van der Waals surface area contributed by atoms with Crippen molar-refractivity contribution >= 4 is 15.8 Å². The van der Waals surface area contributed by atoms with Crippen molar-refractivity contribution in [1.29, 1.82) is 0 Å². The molecular formula is C19H27N5O3S. The lowest BCUT2D eigenvalue weighted by atomic mass is 9.92. The summed E-state index contributed by atoms with van der Waals surface area (Å²) in [5.74, 6) is 1.48. The van der Waals surface area contributed by atoms with E-state index in [2.05, 4.69) is 14.9 Å². The van der Waals surface area contributed by atoms with Gasteiger partial charge in [0.05, 0.1) is 0 Å². The van der Waals surface area contributed by atoms with Crippen molar-refractivity contribution in [2.45, 2.75) is 36.7 Å². The molecule has 0 saturated carbocycles. The number of piperidine rings is 1. The van der Waals surface area contributed by atoms with Crippen molar-refractivity contribution in [3.05, 3.63) is 36.5 Å². The van der Waals surface area contributed by atoms with Gasteiger partial charge in [0.15, 0.2) is 0 Å². The fourth-order valence-corrected chi connectivity index (χ4v) is 5.60. The Bertz CT molecular complexity index is 906. The van der Waals surface area contributed by atoms with Crippen LogP contribution in [0.25, 0.3) is 0 Å². The molecule has 2 unspecified atom stereocenters. The summed E-state index contributed by atoms with van der Waals surface area (Å²) in [6, 6.07) is 3.42. The van der Waals surface area contributed by atoms with Crippen molar-refractivity contribution in [1.82, 2.24) is 18.8 Å². The number of sulfonamides is 1. The Kier molecular flexibility index (Phi) is 5.39. The zero-order chi connectivity index (χ0) is 19.7. The lowest BCUT2D eigenvalue weighted by Gasteiger charge is -2.35. The van der Waals surface area contributed by atoms with Crippen LogP contribution in [-0.4, -0.2) is 58.5 Å². The Labute approximate surface area is 165 Å². The molecule has 4 heterocycles. The lowest BCUT2D eigenvalue weighted by molar-refractivity contribution is 0.0874. The minimum atomic E-state index is -3.44. The van der Waals surface area contributed by atoms with Gasteiger partial charge in [0.1, 0.15) is 22.6 Å². The molecule has 1 N–H and O–H groups in total. The summed E-state index contributed by atoms with van der Waals surface area (Å²) in [5, 5.41) is 10.7. The monoisotopic (exact) mass is 405 g/mol. The smallest absolute Gasteiger partial charge is 0.244 e. The molecule has 2 aliphatic rings. The predicted octanol–water partition coefficient (Wildman–Crippen LogP) is 1.55. The summed E-state index contributed by atoms with van der Waals surface area (Å²) in [6.07, 6.45) is 8.06. The van der Waals surface area contributed by atoms with Crippen molar-refractivity contribution in [3.63, 3.8) is 0 Å². The molecular weight excluding hydrogens is 378 g/mol. The maximum Gasteiger partial charge on any atom is 0.244 e. The molecule has 9 heteroatoms. The highest BCUT2D eigenvalue weighted by atomic mass is 32.2. The maximum absolute atomic E-state index is 12.7. The topological polar surface area (TPSA) is 91.6 Å². The van der Waals surface area contributed by atoms with Gasteiger partial charge in [-0.3, -0.25) is 0 Å². The summed E-state index contributed by atoms with van der Waals surface area (Å²) < 4.78 is 28.7. The Morgan fingerprint density at radius 3 is 2.57 bits per heavy atom. The van der Waals surface area contributed by atoms with E-state index in [1.165, 1.54) is 10.5 Å². The summed E-state index contributed by atoms with van der Waals surface area (Å²) in [7, 11) is -1.56. The molecule has 0 aromatic carbocycles. The number of rotatable bonds is 5. The van der Waals surface area contributed by atoms with Crippen molar-refractivity contribution in [2.24, 2.45) is 13.0 Å². The fourth-order valence-electron chi connectivity index (χ4n) is 4.14. The molecule has 8 nitrogen and oxygen atoms in total. The SMILES string of the molecule is Cn1ccnc1C(O)C1CCCN(c2ccc(S(=O)(=O)N3CCCC3)cn2)C1. The van der Waals surface area contributed by atoms with Gasteiger partial charge >= 0.3 is 0 Å². The number of aromatic nitrogens is 3. The van der Waals surface area contributed by atoms with Crippen LogP contribution in [0.4, 0.5) is 5.82 Å². The van der Waals surface area contributed by atoms with Crippen LogP contribution in [0.1, 0.15) is 37.6 Å². The maximum atomic E-state index is 12.7. The second-order valence-electron chi connectivity index (χ2n) is 7.65. The van der Waals surface area contributed by atoms with Gasteiger partial charge in [-0.05, 0) is 37.8 Å². The third-order valence-corrected chi connectivity index (χ3v) is 7.66. The van der Waals surface area contributed by atoms with E-state index in [1.54, 1.807) is 18.3 Å². The molecule has 4 rings (SSSR count). The van der Waals surface area contributed by atoms with Crippen LogP contribution in [0.2, 0.25) is 0 Å². The number of aliphatic hydroxyl groups excluding tert-OH is 1. The molecule has 0 spiro atoms. The van der Waals surface area contributed by atoms with Gasteiger partial charge in [-0.25, -0.2) is 18.4 Å². The van der Waals surface area contributed by atoms with Crippen molar-refractivity contribution < 1.29 is 13.5 Å². The molecule has 2 aliphatic heterocycles. The number of anilines is 1. The van der Waals surface area contributed by atoms with Crippen LogP contribution in [0.15, 0.2) is 35.6 Å². The van der Waals surface area contributed by atoms with Gasteiger partial charge in [-0.15, -0.1) is 0 Å². The number of imidazole rings is 1. The Morgan fingerprint density at radius 1 is 1.14 bits per heavy atom. The zero-order valence-corrected chi connectivity index (χ0v) is 16.9. The van der Waals surface area contributed by atoms with E-state index < -0.39 is 16.1 Å². The average Bonchev–Trinajstić information content (AvgIpc) is 3.40. The third kappa shape index (κ3) is 3.66. The van der Waals surface area contributed by atoms with Crippen LogP contribution >= 0.6 is 0 Å². The van der Waals surface area contributed by atoms with Crippen LogP contribution in [0, 0.1) is 5.92 Å². The number of nitrogens with zero attached hydrogens (tertiary/aromatic N) is 5. The van der Waals surface area contributed by atoms with Gasteiger partial charge in [-0.2, -0.15) is 4.31 Å². The first-order valence-corrected chi connectivity index (χ1v) is 11.3. The van der Waals surface area contributed by atoms with Crippen molar-refractivity contribution in [3.8, 4) is 0 Å². The van der Waals surface area contributed by atoms with Gasteiger partial charge in [-0.1, -0.05) is 0 Å². The van der Waals surface area contributed by atoms with E-state index in [-0.39, 0.29) is 10.8 Å². The number of hydrogen-bond donors (Lipinski definition) is 1. The Morgan fingerprint density at radius 2 is 1.93 bits per heavy atom. The van der Waals surface area contributed by atoms with Gasteiger partial charge in [0, 0.05) is 57.7 Å². The Balaban J connectivity index is 1.47. The summed E-state index contributed by atoms with van der Waals surface area (Å²) in [5.41, 5.74) is 0. The third-order valence-electron chi connectivity index (χ3n) is 5.77. The first kappa shape index (κ1) is 19.4. The molecule has 2 fully saturated rings. The number of aryl methyl sites for hydroxylation is 1. The van der Waals surface area contributed by atoms with Crippen LogP contribution in [-0.2, 0) is 17.1 Å². The van der Waals surface area contributed by atoms with Crippen LogP contribution in [0.5, 0.6) is 0 Å². The molecule has 2 atom stereocenters. The van der Waals surface area contributed by atoms with Crippen LogP contribution < -0.4 is 4.90 Å². The predicted molar refractivity (Wildman–Crippen MR) is 105 cm³/mol. The molecule has 28 heavy (non-hydrogen) atoms. The second kappa shape index (κ2) is 7.81. The molecule has 0 amide bonds. The summed E-state index contributed by atoms with van der Waals surface area (Å²) in [4.78, 5) is 11.1. The Hall–Kier alpha value is -1.97. The van der Waals surface area contributed by atoms with Gasteiger partial charge < -0.3 is 14.6 Å². The highest BCUT2D eigenvalue weighted by molar-refractivity contribution is 7.89. The molecule has 0 aliphatic carbocycles. The summed E-state index contributed by atoms with van der Waals surface area (Å²) >= 11 is 0.